The van der Waals surface area contributed by atoms with E-state index in [0.29, 0.717) is 50.6 Å². The zero-order chi connectivity index (χ0) is 20.0. The molecule has 2 amide bonds. The van der Waals surface area contributed by atoms with Gasteiger partial charge in [0.1, 0.15) is 5.41 Å². The van der Waals surface area contributed by atoms with Gasteiger partial charge in [0.2, 0.25) is 11.8 Å². The maximum atomic E-state index is 13.0. The largest absolute Gasteiger partial charge is 0.493 e. The van der Waals surface area contributed by atoms with Crippen molar-refractivity contribution >= 4 is 11.8 Å². The first-order valence-corrected chi connectivity index (χ1v) is 9.15. The molecule has 7 heteroatoms. The molecule has 0 saturated carbocycles. The van der Waals surface area contributed by atoms with E-state index in [1.807, 2.05) is 12.1 Å². The summed E-state index contributed by atoms with van der Waals surface area (Å²) in [4.78, 5) is 27.3. The Kier molecular flexibility index (Phi) is 7.07. The molecule has 0 radical (unpaired) electrons. The van der Waals surface area contributed by atoms with Crippen molar-refractivity contribution in [2.24, 2.45) is 5.41 Å². The van der Waals surface area contributed by atoms with Crippen molar-refractivity contribution < 1.29 is 23.8 Å². The minimum atomic E-state index is -1.12. The summed E-state index contributed by atoms with van der Waals surface area (Å²) in [7, 11) is 4.82. The monoisotopic (exact) mass is 378 g/mol. The second kappa shape index (κ2) is 9.08. The van der Waals surface area contributed by atoms with Gasteiger partial charge in [-0.25, -0.2) is 0 Å². The zero-order valence-electron chi connectivity index (χ0n) is 16.9. The number of nitrogens with zero attached hydrogens (tertiary/aromatic N) is 1. The first-order chi connectivity index (χ1) is 12.8. The van der Waals surface area contributed by atoms with E-state index in [9.17, 15) is 9.59 Å². The van der Waals surface area contributed by atoms with Crippen LogP contribution in [0.25, 0.3) is 0 Å². The number of fused-ring (bicyclic) bond motifs is 1. The molecule has 0 aliphatic carbocycles. The summed E-state index contributed by atoms with van der Waals surface area (Å²) in [5.74, 6) is 0.890. The fourth-order valence-corrected chi connectivity index (χ4v) is 3.19. The van der Waals surface area contributed by atoms with Gasteiger partial charge >= 0.3 is 0 Å². The lowest BCUT2D eigenvalue weighted by Gasteiger charge is -2.34. The van der Waals surface area contributed by atoms with Crippen molar-refractivity contribution in [2.75, 3.05) is 41.0 Å². The predicted molar refractivity (Wildman–Crippen MR) is 102 cm³/mol. The maximum absolute atomic E-state index is 13.0. The van der Waals surface area contributed by atoms with Gasteiger partial charge in [-0.1, -0.05) is 0 Å². The van der Waals surface area contributed by atoms with Crippen LogP contribution in [-0.4, -0.2) is 57.7 Å². The predicted octanol–water partition coefficient (Wildman–Crippen LogP) is 1.77. The Labute approximate surface area is 161 Å². The summed E-state index contributed by atoms with van der Waals surface area (Å²) < 4.78 is 15.7. The van der Waals surface area contributed by atoms with Crippen LogP contribution in [0, 0.1) is 5.41 Å². The minimum Gasteiger partial charge on any atom is -0.493 e. The van der Waals surface area contributed by atoms with E-state index in [1.165, 1.54) is 0 Å². The normalized spacial score (nSPS) is 13.7. The van der Waals surface area contributed by atoms with Gasteiger partial charge < -0.3 is 24.4 Å². The summed E-state index contributed by atoms with van der Waals surface area (Å²) in [6, 6.07) is 3.87. The third-order valence-corrected chi connectivity index (χ3v) is 4.92. The molecular weight excluding hydrogens is 348 g/mol. The molecule has 1 aromatic carbocycles. The van der Waals surface area contributed by atoms with Gasteiger partial charge in [0.25, 0.3) is 0 Å². The zero-order valence-corrected chi connectivity index (χ0v) is 16.9. The maximum Gasteiger partial charge on any atom is 0.238 e. The van der Waals surface area contributed by atoms with Crippen molar-refractivity contribution in [1.82, 2.24) is 10.2 Å². The quantitative estimate of drug-likeness (QED) is 0.551. The van der Waals surface area contributed by atoms with Crippen molar-refractivity contribution in [2.45, 2.75) is 33.2 Å². The molecule has 1 N–H and O–H groups in total. The van der Waals surface area contributed by atoms with Gasteiger partial charge in [0.05, 0.1) is 14.2 Å². The summed E-state index contributed by atoms with van der Waals surface area (Å²) in [5.41, 5.74) is 1.03. The Hall–Kier alpha value is -2.28. The molecule has 1 aliphatic heterocycles. The number of hydrogen-bond donors (Lipinski definition) is 1. The summed E-state index contributed by atoms with van der Waals surface area (Å²) in [5, 5.41) is 2.83. The molecule has 1 aromatic rings. The number of nitrogens with one attached hydrogen (secondary N) is 1. The standard InChI is InChI=1S/C20H30N2O5/c1-20(2,18(23)21-8-6-10-25-3)19(24)22-9-7-14-11-16(26-4)17(27-5)12-15(14)13-22/h11-12H,6-10,13H2,1-5H3,(H,21,23). The SMILES string of the molecule is COCCCNC(=O)C(C)(C)C(=O)N1CCc2cc(OC)c(OC)cc2C1. The Bertz CT molecular complexity index is 687. The van der Waals surface area contributed by atoms with Gasteiger partial charge in [0.15, 0.2) is 11.5 Å². The first kappa shape index (κ1) is 21.0. The fourth-order valence-electron chi connectivity index (χ4n) is 3.19. The number of carbonyl (C=O) groups is 2. The van der Waals surface area contributed by atoms with Crippen LogP contribution >= 0.6 is 0 Å². The number of hydrogen-bond acceptors (Lipinski definition) is 5. The lowest BCUT2D eigenvalue weighted by molar-refractivity contribution is -0.149. The molecule has 0 fully saturated rings. The van der Waals surface area contributed by atoms with Gasteiger partial charge in [-0.3, -0.25) is 9.59 Å². The van der Waals surface area contributed by atoms with Crippen LogP contribution in [0.5, 0.6) is 11.5 Å². The Morgan fingerprint density at radius 3 is 2.33 bits per heavy atom. The second-order valence-electron chi connectivity index (χ2n) is 7.18. The Morgan fingerprint density at radius 2 is 1.74 bits per heavy atom. The van der Waals surface area contributed by atoms with Crippen molar-refractivity contribution in [1.29, 1.82) is 0 Å². The molecular formula is C20H30N2O5. The average molecular weight is 378 g/mol. The van der Waals surface area contributed by atoms with E-state index in [-0.39, 0.29) is 11.8 Å². The highest BCUT2D eigenvalue weighted by Crippen LogP contribution is 2.34. The van der Waals surface area contributed by atoms with Crippen LogP contribution in [0.1, 0.15) is 31.4 Å². The Balaban J connectivity index is 2.08. The van der Waals surface area contributed by atoms with Crippen molar-refractivity contribution in [3.8, 4) is 11.5 Å². The number of ether oxygens (including phenoxy) is 3. The summed E-state index contributed by atoms with van der Waals surface area (Å²) in [6.45, 7) is 5.43. The number of benzene rings is 1. The third kappa shape index (κ3) is 4.71. The number of carbonyl (C=O) groups excluding carboxylic acids is 2. The molecule has 0 bridgehead atoms. The van der Waals surface area contributed by atoms with E-state index in [0.717, 1.165) is 11.1 Å². The molecule has 0 saturated heterocycles. The second-order valence-corrected chi connectivity index (χ2v) is 7.18. The molecule has 7 nitrogen and oxygen atoms in total. The number of rotatable bonds is 8. The minimum absolute atomic E-state index is 0.174. The van der Waals surface area contributed by atoms with Crippen LogP contribution in [0.2, 0.25) is 0 Å². The summed E-state index contributed by atoms with van der Waals surface area (Å²) in [6.07, 6.45) is 1.43. The highest BCUT2D eigenvalue weighted by atomic mass is 16.5. The lowest BCUT2D eigenvalue weighted by Crippen LogP contribution is -2.50. The molecule has 0 aromatic heterocycles. The van der Waals surface area contributed by atoms with E-state index in [1.54, 1.807) is 40.1 Å². The van der Waals surface area contributed by atoms with Crippen LogP contribution in [-0.2, 0) is 27.3 Å². The fraction of sp³-hybridized carbons (Fsp3) is 0.600. The highest BCUT2D eigenvalue weighted by Gasteiger charge is 2.40. The molecule has 0 unspecified atom stereocenters. The third-order valence-electron chi connectivity index (χ3n) is 4.92. The number of amides is 2. The lowest BCUT2D eigenvalue weighted by atomic mass is 9.88. The van der Waals surface area contributed by atoms with Crippen LogP contribution in [0.3, 0.4) is 0 Å². The van der Waals surface area contributed by atoms with E-state index in [4.69, 9.17) is 14.2 Å². The van der Waals surface area contributed by atoms with Gasteiger partial charge in [-0.2, -0.15) is 0 Å². The van der Waals surface area contributed by atoms with Crippen LogP contribution in [0.15, 0.2) is 12.1 Å². The molecule has 2 rings (SSSR count). The Morgan fingerprint density at radius 1 is 1.11 bits per heavy atom. The van der Waals surface area contributed by atoms with Gasteiger partial charge in [0, 0.05) is 33.4 Å². The molecule has 150 valence electrons. The topological polar surface area (TPSA) is 77.1 Å². The average Bonchev–Trinajstić information content (AvgIpc) is 2.68. The number of methoxy groups -OCH3 is 3. The van der Waals surface area contributed by atoms with E-state index < -0.39 is 5.41 Å². The van der Waals surface area contributed by atoms with Crippen LogP contribution in [0.4, 0.5) is 0 Å². The molecule has 0 atom stereocenters. The molecule has 0 spiro atoms. The molecule has 27 heavy (non-hydrogen) atoms. The molecule has 1 aliphatic rings. The highest BCUT2D eigenvalue weighted by molar-refractivity contribution is 6.04. The van der Waals surface area contributed by atoms with Gasteiger partial charge in [-0.15, -0.1) is 0 Å². The van der Waals surface area contributed by atoms with Crippen molar-refractivity contribution in [3.05, 3.63) is 23.3 Å². The first-order valence-electron chi connectivity index (χ1n) is 9.15. The summed E-state index contributed by atoms with van der Waals surface area (Å²) >= 11 is 0. The van der Waals surface area contributed by atoms with Crippen LogP contribution < -0.4 is 14.8 Å². The smallest absolute Gasteiger partial charge is 0.238 e. The van der Waals surface area contributed by atoms with Crippen molar-refractivity contribution in [3.63, 3.8) is 0 Å². The molecule has 1 heterocycles. The van der Waals surface area contributed by atoms with E-state index in [2.05, 4.69) is 5.32 Å². The van der Waals surface area contributed by atoms with E-state index >= 15 is 0 Å². The van der Waals surface area contributed by atoms with Gasteiger partial charge in [-0.05, 0) is 49.9 Å².